The van der Waals surface area contributed by atoms with Crippen molar-refractivity contribution in [2.45, 2.75) is 26.3 Å². The van der Waals surface area contributed by atoms with E-state index in [2.05, 4.69) is 10.6 Å². The summed E-state index contributed by atoms with van der Waals surface area (Å²) in [6, 6.07) is 6.66. The molecule has 18 heavy (non-hydrogen) atoms. The average molecular weight is 249 g/mol. The van der Waals surface area contributed by atoms with Crippen LogP contribution in [0.2, 0.25) is 0 Å². The van der Waals surface area contributed by atoms with Gasteiger partial charge >= 0.3 is 0 Å². The van der Waals surface area contributed by atoms with E-state index in [0.717, 1.165) is 5.69 Å². The molecule has 98 valence electrons. The van der Waals surface area contributed by atoms with Crippen molar-refractivity contribution in [2.24, 2.45) is 5.73 Å². The van der Waals surface area contributed by atoms with Crippen LogP contribution in [0.15, 0.2) is 24.3 Å². The Morgan fingerprint density at radius 2 is 1.72 bits per heavy atom. The summed E-state index contributed by atoms with van der Waals surface area (Å²) < 4.78 is 0. The van der Waals surface area contributed by atoms with Gasteiger partial charge in [-0.25, -0.2) is 0 Å². The van der Waals surface area contributed by atoms with Gasteiger partial charge in [-0.3, -0.25) is 9.59 Å². The quantitative estimate of drug-likeness (QED) is 0.747. The van der Waals surface area contributed by atoms with Gasteiger partial charge in [0.15, 0.2) is 0 Å². The number of hydrogen-bond donors (Lipinski definition) is 3. The summed E-state index contributed by atoms with van der Waals surface area (Å²) >= 11 is 0. The number of anilines is 1. The first-order valence-corrected chi connectivity index (χ1v) is 5.73. The molecular formula is C13H19N3O2. The predicted molar refractivity (Wildman–Crippen MR) is 71.3 cm³/mol. The van der Waals surface area contributed by atoms with E-state index >= 15 is 0 Å². The van der Waals surface area contributed by atoms with E-state index in [9.17, 15) is 9.59 Å². The summed E-state index contributed by atoms with van der Waals surface area (Å²) in [4.78, 5) is 22.4. The largest absolute Gasteiger partial charge is 0.376 e. The normalized spacial score (nSPS) is 10.8. The third-order valence-corrected chi connectivity index (χ3v) is 2.14. The minimum absolute atomic E-state index is 0.0820. The van der Waals surface area contributed by atoms with Crippen molar-refractivity contribution in [1.29, 1.82) is 0 Å². The fraction of sp³-hybridized carbons (Fsp3) is 0.385. The number of benzene rings is 1. The molecule has 0 atom stereocenters. The molecule has 1 aromatic carbocycles. The van der Waals surface area contributed by atoms with Crippen LogP contribution in [0.1, 0.15) is 31.1 Å². The number of carbonyl (C=O) groups excluding carboxylic acids is 2. The highest BCUT2D eigenvalue weighted by Crippen LogP contribution is 2.08. The van der Waals surface area contributed by atoms with Crippen LogP contribution in [-0.2, 0) is 4.79 Å². The van der Waals surface area contributed by atoms with Crippen LogP contribution in [-0.4, -0.2) is 23.9 Å². The summed E-state index contributed by atoms with van der Waals surface area (Å²) in [5.41, 5.74) is 6.10. The van der Waals surface area contributed by atoms with E-state index < -0.39 is 5.91 Å². The highest BCUT2D eigenvalue weighted by atomic mass is 16.2. The molecule has 0 aliphatic heterocycles. The maximum absolute atomic E-state index is 11.6. The number of rotatable bonds is 4. The van der Waals surface area contributed by atoms with Gasteiger partial charge in [0, 0.05) is 16.8 Å². The zero-order valence-electron chi connectivity index (χ0n) is 10.9. The third-order valence-electron chi connectivity index (χ3n) is 2.14. The van der Waals surface area contributed by atoms with E-state index in [0.29, 0.717) is 5.56 Å². The van der Waals surface area contributed by atoms with Gasteiger partial charge in [0.1, 0.15) is 0 Å². The predicted octanol–water partition coefficient (Wildman–Crippen LogP) is 1.11. The van der Waals surface area contributed by atoms with Crippen molar-refractivity contribution in [1.82, 2.24) is 5.32 Å². The molecule has 0 aliphatic rings. The monoisotopic (exact) mass is 249 g/mol. The van der Waals surface area contributed by atoms with E-state index in [1.807, 2.05) is 20.8 Å². The molecule has 0 bridgehead atoms. The van der Waals surface area contributed by atoms with Crippen molar-refractivity contribution in [3.8, 4) is 0 Å². The second-order valence-electron chi connectivity index (χ2n) is 5.09. The summed E-state index contributed by atoms with van der Waals surface area (Å²) in [7, 11) is 0. The smallest absolute Gasteiger partial charge is 0.248 e. The van der Waals surface area contributed by atoms with Crippen molar-refractivity contribution < 1.29 is 9.59 Å². The molecule has 0 spiro atoms. The Morgan fingerprint density at radius 3 is 2.17 bits per heavy atom. The minimum Gasteiger partial charge on any atom is -0.376 e. The molecule has 0 unspecified atom stereocenters. The Balaban J connectivity index is 2.49. The van der Waals surface area contributed by atoms with Crippen molar-refractivity contribution >= 4 is 17.5 Å². The minimum atomic E-state index is -0.466. The SMILES string of the molecule is CC(C)(C)NC(=O)CNc1ccc(C(N)=O)cc1. The van der Waals surface area contributed by atoms with Crippen molar-refractivity contribution in [2.75, 3.05) is 11.9 Å². The number of nitrogens with one attached hydrogen (secondary N) is 2. The lowest BCUT2D eigenvalue weighted by Gasteiger charge is -2.20. The zero-order chi connectivity index (χ0) is 13.8. The molecule has 0 aromatic heterocycles. The van der Waals surface area contributed by atoms with E-state index in [1.54, 1.807) is 24.3 Å². The van der Waals surface area contributed by atoms with Gasteiger partial charge in [0.25, 0.3) is 0 Å². The van der Waals surface area contributed by atoms with Crippen LogP contribution in [0.4, 0.5) is 5.69 Å². The Hall–Kier alpha value is -2.04. The lowest BCUT2D eigenvalue weighted by atomic mass is 10.1. The number of amides is 2. The fourth-order valence-electron chi connectivity index (χ4n) is 1.40. The summed E-state index contributed by atoms with van der Waals surface area (Å²) in [6.45, 7) is 5.96. The molecule has 1 aromatic rings. The molecule has 0 fully saturated rings. The Bertz CT molecular complexity index is 433. The molecule has 0 saturated heterocycles. The molecule has 2 amide bonds. The highest BCUT2D eigenvalue weighted by Gasteiger charge is 2.13. The number of carbonyl (C=O) groups is 2. The maximum Gasteiger partial charge on any atom is 0.248 e. The first-order valence-electron chi connectivity index (χ1n) is 5.73. The van der Waals surface area contributed by atoms with Crippen LogP contribution in [0.25, 0.3) is 0 Å². The molecule has 5 heteroatoms. The van der Waals surface area contributed by atoms with Gasteiger partial charge < -0.3 is 16.4 Å². The Kier molecular flexibility index (Phi) is 4.31. The lowest BCUT2D eigenvalue weighted by Crippen LogP contribution is -2.43. The molecule has 0 saturated carbocycles. The maximum atomic E-state index is 11.6. The van der Waals surface area contributed by atoms with Crippen LogP contribution in [0.5, 0.6) is 0 Å². The molecule has 0 heterocycles. The van der Waals surface area contributed by atoms with Crippen LogP contribution < -0.4 is 16.4 Å². The van der Waals surface area contributed by atoms with E-state index in [1.165, 1.54) is 0 Å². The average Bonchev–Trinajstić information content (AvgIpc) is 2.24. The Labute approximate surface area is 107 Å². The van der Waals surface area contributed by atoms with E-state index in [-0.39, 0.29) is 18.0 Å². The highest BCUT2D eigenvalue weighted by molar-refractivity contribution is 5.93. The molecule has 5 nitrogen and oxygen atoms in total. The van der Waals surface area contributed by atoms with Gasteiger partial charge in [-0.15, -0.1) is 0 Å². The summed E-state index contributed by atoms with van der Waals surface area (Å²) in [5, 5.41) is 5.81. The molecule has 4 N–H and O–H groups in total. The molecule has 0 radical (unpaired) electrons. The number of hydrogen-bond acceptors (Lipinski definition) is 3. The fourth-order valence-corrected chi connectivity index (χ4v) is 1.40. The van der Waals surface area contributed by atoms with Crippen LogP contribution in [0.3, 0.4) is 0 Å². The van der Waals surface area contributed by atoms with Gasteiger partial charge in [-0.05, 0) is 45.0 Å². The topological polar surface area (TPSA) is 84.2 Å². The zero-order valence-corrected chi connectivity index (χ0v) is 10.9. The van der Waals surface area contributed by atoms with Crippen molar-refractivity contribution in [3.63, 3.8) is 0 Å². The van der Waals surface area contributed by atoms with Gasteiger partial charge in [-0.2, -0.15) is 0 Å². The molecular weight excluding hydrogens is 230 g/mol. The molecule has 1 rings (SSSR count). The van der Waals surface area contributed by atoms with Crippen LogP contribution in [0, 0.1) is 0 Å². The second-order valence-corrected chi connectivity index (χ2v) is 5.09. The summed E-state index contributed by atoms with van der Waals surface area (Å²) in [5.74, 6) is -0.548. The van der Waals surface area contributed by atoms with Crippen LogP contribution >= 0.6 is 0 Å². The van der Waals surface area contributed by atoms with Gasteiger partial charge in [0.05, 0.1) is 6.54 Å². The number of primary amides is 1. The van der Waals surface area contributed by atoms with Gasteiger partial charge in [0.2, 0.25) is 11.8 Å². The van der Waals surface area contributed by atoms with E-state index in [4.69, 9.17) is 5.73 Å². The lowest BCUT2D eigenvalue weighted by molar-refractivity contribution is -0.120. The third kappa shape index (κ3) is 4.86. The Morgan fingerprint density at radius 1 is 1.17 bits per heavy atom. The second kappa shape index (κ2) is 5.53. The first kappa shape index (κ1) is 14.0. The molecule has 0 aliphatic carbocycles. The van der Waals surface area contributed by atoms with Crippen molar-refractivity contribution in [3.05, 3.63) is 29.8 Å². The standard InChI is InChI=1S/C13H19N3O2/c1-13(2,3)16-11(17)8-15-10-6-4-9(5-7-10)12(14)18/h4-7,15H,8H2,1-3H3,(H2,14,18)(H,16,17). The number of nitrogens with two attached hydrogens (primary N) is 1. The van der Waals surface area contributed by atoms with Gasteiger partial charge in [-0.1, -0.05) is 0 Å². The summed E-state index contributed by atoms with van der Waals surface area (Å²) in [6.07, 6.45) is 0. The first-order chi connectivity index (χ1) is 8.28.